The summed E-state index contributed by atoms with van der Waals surface area (Å²) in [5.74, 6) is 0.486. The normalized spacial score (nSPS) is 24.8. The molecule has 1 aliphatic heterocycles. The molecule has 0 radical (unpaired) electrons. The quantitative estimate of drug-likeness (QED) is 0.864. The van der Waals surface area contributed by atoms with Crippen LogP contribution in [-0.2, 0) is 0 Å². The smallest absolute Gasteiger partial charge is 0.253 e. The third-order valence-corrected chi connectivity index (χ3v) is 3.88. The maximum Gasteiger partial charge on any atom is 0.253 e. The van der Waals surface area contributed by atoms with Gasteiger partial charge in [-0.05, 0) is 36.6 Å². The Morgan fingerprint density at radius 3 is 2.65 bits per heavy atom. The number of halogens is 1. The SMILES string of the molecule is CC1CN(C(=O)c2ccc(Br)cc2)CCC1N. The zero-order valence-corrected chi connectivity index (χ0v) is 11.5. The highest BCUT2D eigenvalue weighted by atomic mass is 79.9. The second-order valence-electron chi connectivity index (χ2n) is 4.69. The number of rotatable bonds is 1. The van der Waals surface area contributed by atoms with Crippen molar-refractivity contribution < 1.29 is 4.79 Å². The Kier molecular flexibility index (Phi) is 3.84. The van der Waals surface area contributed by atoms with Gasteiger partial charge in [0.05, 0.1) is 0 Å². The van der Waals surface area contributed by atoms with Crippen LogP contribution in [0, 0.1) is 5.92 Å². The van der Waals surface area contributed by atoms with E-state index in [0.29, 0.717) is 5.92 Å². The van der Waals surface area contributed by atoms with Crippen LogP contribution in [0.2, 0.25) is 0 Å². The maximum atomic E-state index is 12.2. The van der Waals surface area contributed by atoms with Gasteiger partial charge >= 0.3 is 0 Å². The molecule has 17 heavy (non-hydrogen) atoms. The monoisotopic (exact) mass is 296 g/mol. The van der Waals surface area contributed by atoms with Crippen molar-refractivity contribution in [2.75, 3.05) is 13.1 Å². The Hall–Kier alpha value is -0.870. The number of nitrogens with two attached hydrogens (primary N) is 1. The van der Waals surface area contributed by atoms with Gasteiger partial charge in [0, 0.05) is 29.2 Å². The van der Waals surface area contributed by atoms with Gasteiger partial charge in [-0.1, -0.05) is 22.9 Å². The lowest BCUT2D eigenvalue weighted by Crippen LogP contribution is -2.48. The van der Waals surface area contributed by atoms with Gasteiger partial charge in [-0.3, -0.25) is 4.79 Å². The van der Waals surface area contributed by atoms with Crippen LogP contribution in [0.3, 0.4) is 0 Å². The molecule has 2 rings (SSSR count). The predicted octanol–water partition coefficient (Wildman–Crippen LogP) is 2.26. The zero-order chi connectivity index (χ0) is 12.4. The molecular weight excluding hydrogens is 280 g/mol. The molecule has 1 saturated heterocycles. The van der Waals surface area contributed by atoms with Crippen LogP contribution >= 0.6 is 15.9 Å². The second-order valence-corrected chi connectivity index (χ2v) is 5.60. The first-order valence-corrected chi connectivity index (χ1v) is 6.67. The standard InChI is InChI=1S/C13H17BrN2O/c1-9-8-16(7-6-12(9)15)13(17)10-2-4-11(14)5-3-10/h2-5,9,12H,6-8,15H2,1H3. The number of hydrogen-bond donors (Lipinski definition) is 1. The minimum Gasteiger partial charge on any atom is -0.338 e. The molecule has 0 spiro atoms. The first-order chi connectivity index (χ1) is 8.08. The van der Waals surface area contributed by atoms with Crippen molar-refractivity contribution in [1.29, 1.82) is 0 Å². The molecule has 0 aliphatic carbocycles. The molecule has 1 aromatic carbocycles. The summed E-state index contributed by atoms with van der Waals surface area (Å²) >= 11 is 3.37. The molecule has 1 aliphatic rings. The van der Waals surface area contributed by atoms with Crippen LogP contribution in [0.25, 0.3) is 0 Å². The topological polar surface area (TPSA) is 46.3 Å². The van der Waals surface area contributed by atoms with E-state index >= 15 is 0 Å². The molecule has 2 N–H and O–H groups in total. The number of nitrogens with zero attached hydrogens (tertiary/aromatic N) is 1. The molecule has 0 bridgehead atoms. The summed E-state index contributed by atoms with van der Waals surface area (Å²) in [5.41, 5.74) is 6.70. The number of amides is 1. The number of hydrogen-bond acceptors (Lipinski definition) is 2. The van der Waals surface area contributed by atoms with Gasteiger partial charge in [-0.2, -0.15) is 0 Å². The summed E-state index contributed by atoms with van der Waals surface area (Å²) in [6.07, 6.45) is 0.892. The molecule has 1 aromatic rings. The third kappa shape index (κ3) is 2.87. The Morgan fingerprint density at radius 1 is 1.41 bits per heavy atom. The summed E-state index contributed by atoms with van der Waals surface area (Å²) in [4.78, 5) is 14.1. The summed E-state index contributed by atoms with van der Waals surface area (Å²) in [7, 11) is 0. The van der Waals surface area contributed by atoms with Crippen LogP contribution in [0.1, 0.15) is 23.7 Å². The largest absolute Gasteiger partial charge is 0.338 e. The maximum absolute atomic E-state index is 12.2. The second kappa shape index (κ2) is 5.19. The average molecular weight is 297 g/mol. The fourth-order valence-corrected chi connectivity index (χ4v) is 2.39. The van der Waals surface area contributed by atoms with Crippen LogP contribution in [0.5, 0.6) is 0 Å². The fraction of sp³-hybridized carbons (Fsp3) is 0.462. The summed E-state index contributed by atoms with van der Waals surface area (Å²) in [5, 5.41) is 0. The summed E-state index contributed by atoms with van der Waals surface area (Å²) < 4.78 is 0.989. The fourth-order valence-electron chi connectivity index (χ4n) is 2.12. The number of likely N-dealkylation sites (tertiary alicyclic amines) is 1. The molecule has 1 amide bonds. The van der Waals surface area contributed by atoms with Crippen LogP contribution in [0.15, 0.2) is 28.7 Å². The van der Waals surface area contributed by atoms with Gasteiger partial charge < -0.3 is 10.6 Å². The third-order valence-electron chi connectivity index (χ3n) is 3.35. The van der Waals surface area contributed by atoms with E-state index in [4.69, 9.17) is 5.73 Å². The average Bonchev–Trinajstić information content (AvgIpc) is 2.33. The van der Waals surface area contributed by atoms with Gasteiger partial charge in [-0.25, -0.2) is 0 Å². The molecule has 92 valence electrons. The first-order valence-electron chi connectivity index (χ1n) is 5.88. The number of piperidine rings is 1. The first kappa shape index (κ1) is 12.6. The van der Waals surface area contributed by atoms with Crippen molar-refractivity contribution in [1.82, 2.24) is 4.90 Å². The number of benzene rings is 1. The zero-order valence-electron chi connectivity index (χ0n) is 9.90. The minimum absolute atomic E-state index is 0.108. The predicted molar refractivity (Wildman–Crippen MR) is 71.8 cm³/mol. The molecule has 4 heteroatoms. The summed E-state index contributed by atoms with van der Waals surface area (Å²) in [6.45, 7) is 3.63. The van der Waals surface area contributed by atoms with Gasteiger partial charge in [-0.15, -0.1) is 0 Å². The van der Waals surface area contributed by atoms with E-state index in [1.54, 1.807) is 0 Å². The van der Waals surface area contributed by atoms with Crippen LogP contribution < -0.4 is 5.73 Å². The lowest BCUT2D eigenvalue weighted by molar-refractivity contribution is 0.0664. The van der Waals surface area contributed by atoms with E-state index in [0.717, 1.165) is 29.5 Å². The van der Waals surface area contributed by atoms with Crippen molar-refractivity contribution in [3.63, 3.8) is 0 Å². The minimum atomic E-state index is 0.108. The molecule has 2 atom stereocenters. The number of carbonyl (C=O) groups is 1. The highest BCUT2D eigenvalue weighted by molar-refractivity contribution is 9.10. The van der Waals surface area contributed by atoms with E-state index in [2.05, 4.69) is 22.9 Å². The van der Waals surface area contributed by atoms with Crippen LogP contribution in [0.4, 0.5) is 0 Å². The van der Waals surface area contributed by atoms with E-state index in [9.17, 15) is 4.79 Å². The molecule has 0 saturated carbocycles. The van der Waals surface area contributed by atoms with Gasteiger partial charge in [0.15, 0.2) is 0 Å². The van der Waals surface area contributed by atoms with Gasteiger partial charge in [0.1, 0.15) is 0 Å². The Morgan fingerprint density at radius 2 is 2.06 bits per heavy atom. The van der Waals surface area contributed by atoms with Gasteiger partial charge in [0.25, 0.3) is 5.91 Å². The lowest BCUT2D eigenvalue weighted by Gasteiger charge is -2.35. The lowest BCUT2D eigenvalue weighted by atomic mass is 9.94. The van der Waals surface area contributed by atoms with Crippen molar-refractivity contribution in [3.8, 4) is 0 Å². The van der Waals surface area contributed by atoms with Crippen molar-refractivity contribution in [2.45, 2.75) is 19.4 Å². The van der Waals surface area contributed by atoms with E-state index in [1.165, 1.54) is 0 Å². The Bertz CT molecular complexity index is 404. The van der Waals surface area contributed by atoms with E-state index in [-0.39, 0.29) is 11.9 Å². The molecule has 1 fully saturated rings. The van der Waals surface area contributed by atoms with Crippen molar-refractivity contribution in [2.24, 2.45) is 11.7 Å². The molecule has 2 unspecified atom stereocenters. The van der Waals surface area contributed by atoms with E-state index in [1.807, 2.05) is 29.2 Å². The molecular formula is C13H17BrN2O. The summed E-state index contributed by atoms with van der Waals surface area (Å²) in [6, 6.07) is 7.72. The molecule has 0 aromatic heterocycles. The molecule has 1 heterocycles. The molecule has 3 nitrogen and oxygen atoms in total. The number of carbonyl (C=O) groups excluding carboxylic acids is 1. The Labute approximate surface area is 110 Å². The Balaban J connectivity index is 2.08. The highest BCUT2D eigenvalue weighted by Gasteiger charge is 2.26. The van der Waals surface area contributed by atoms with Gasteiger partial charge in [0.2, 0.25) is 0 Å². The van der Waals surface area contributed by atoms with E-state index < -0.39 is 0 Å². The van der Waals surface area contributed by atoms with Crippen molar-refractivity contribution >= 4 is 21.8 Å². The highest BCUT2D eigenvalue weighted by Crippen LogP contribution is 2.18. The van der Waals surface area contributed by atoms with Crippen molar-refractivity contribution in [3.05, 3.63) is 34.3 Å². The van der Waals surface area contributed by atoms with Crippen LogP contribution in [-0.4, -0.2) is 29.9 Å².